The summed E-state index contributed by atoms with van der Waals surface area (Å²) < 4.78 is 27.2. The standard InChI is InChI=1S/C13H12ClF2NS/c1-17-12(13-9(14)5-6-18-13)7-8-10(15)3-2-4-11(8)16/h2-6,12,17H,7H2,1H3. The predicted octanol–water partition coefficient (Wildman–Crippen LogP) is 4.18. The van der Waals surface area contributed by atoms with Gasteiger partial charge in [0, 0.05) is 16.5 Å². The largest absolute Gasteiger partial charge is 0.312 e. The van der Waals surface area contributed by atoms with Crippen molar-refractivity contribution >= 4 is 22.9 Å². The molecule has 0 amide bonds. The number of hydrogen-bond acceptors (Lipinski definition) is 2. The zero-order chi connectivity index (χ0) is 13.1. The van der Waals surface area contributed by atoms with E-state index < -0.39 is 11.6 Å². The lowest BCUT2D eigenvalue weighted by atomic mass is 10.0. The van der Waals surface area contributed by atoms with Crippen LogP contribution in [0.1, 0.15) is 16.5 Å². The molecule has 18 heavy (non-hydrogen) atoms. The molecule has 5 heteroatoms. The van der Waals surface area contributed by atoms with Crippen LogP contribution in [-0.4, -0.2) is 7.05 Å². The number of benzene rings is 1. The van der Waals surface area contributed by atoms with Crippen molar-refractivity contribution in [1.29, 1.82) is 0 Å². The molecule has 0 bridgehead atoms. The van der Waals surface area contributed by atoms with Crippen LogP contribution in [0.2, 0.25) is 5.02 Å². The molecule has 1 unspecified atom stereocenters. The SMILES string of the molecule is CNC(Cc1c(F)cccc1F)c1sccc1Cl. The van der Waals surface area contributed by atoms with E-state index in [0.29, 0.717) is 5.02 Å². The summed E-state index contributed by atoms with van der Waals surface area (Å²) in [5.74, 6) is -1.05. The Balaban J connectivity index is 2.29. The fourth-order valence-electron chi connectivity index (χ4n) is 1.81. The third-order valence-electron chi connectivity index (χ3n) is 2.78. The minimum absolute atomic E-state index is 0.0846. The second-order valence-corrected chi connectivity index (χ2v) is 5.23. The smallest absolute Gasteiger partial charge is 0.129 e. The second-order valence-electron chi connectivity index (χ2n) is 3.88. The van der Waals surface area contributed by atoms with Crippen molar-refractivity contribution in [3.63, 3.8) is 0 Å². The maximum absolute atomic E-state index is 13.6. The van der Waals surface area contributed by atoms with Crippen molar-refractivity contribution < 1.29 is 8.78 Å². The van der Waals surface area contributed by atoms with Crippen LogP contribution >= 0.6 is 22.9 Å². The van der Waals surface area contributed by atoms with Gasteiger partial charge in [-0.05, 0) is 37.0 Å². The highest BCUT2D eigenvalue weighted by molar-refractivity contribution is 7.10. The zero-order valence-electron chi connectivity index (χ0n) is 9.71. The quantitative estimate of drug-likeness (QED) is 0.889. The lowest BCUT2D eigenvalue weighted by Gasteiger charge is -2.16. The van der Waals surface area contributed by atoms with E-state index in [4.69, 9.17) is 11.6 Å². The Hall–Kier alpha value is -0.970. The third-order valence-corrected chi connectivity index (χ3v) is 4.25. The van der Waals surface area contributed by atoms with Gasteiger partial charge in [-0.2, -0.15) is 0 Å². The van der Waals surface area contributed by atoms with E-state index in [1.54, 1.807) is 13.1 Å². The third kappa shape index (κ3) is 2.71. The minimum atomic E-state index is -0.525. The van der Waals surface area contributed by atoms with Crippen LogP contribution in [-0.2, 0) is 6.42 Å². The molecule has 1 nitrogen and oxygen atoms in total. The van der Waals surface area contributed by atoms with Gasteiger partial charge < -0.3 is 5.32 Å². The first kappa shape index (κ1) is 13.5. The first-order valence-corrected chi connectivity index (χ1v) is 6.72. The van der Waals surface area contributed by atoms with E-state index >= 15 is 0 Å². The Morgan fingerprint density at radius 1 is 1.28 bits per heavy atom. The average Bonchev–Trinajstić information content (AvgIpc) is 2.76. The maximum atomic E-state index is 13.6. The van der Waals surface area contributed by atoms with Gasteiger partial charge in [0.15, 0.2) is 0 Å². The molecule has 0 aliphatic rings. The van der Waals surface area contributed by atoms with Gasteiger partial charge in [0.1, 0.15) is 11.6 Å². The van der Waals surface area contributed by atoms with Crippen LogP contribution in [0, 0.1) is 11.6 Å². The van der Waals surface area contributed by atoms with Gasteiger partial charge in [0.25, 0.3) is 0 Å². The number of nitrogens with one attached hydrogen (secondary N) is 1. The van der Waals surface area contributed by atoms with Crippen molar-refractivity contribution in [2.45, 2.75) is 12.5 Å². The van der Waals surface area contributed by atoms with E-state index in [0.717, 1.165) is 4.88 Å². The van der Waals surface area contributed by atoms with Gasteiger partial charge in [-0.3, -0.25) is 0 Å². The molecule has 1 heterocycles. The van der Waals surface area contributed by atoms with Gasteiger partial charge in [0.05, 0.1) is 5.02 Å². The molecule has 96 valence electrons. The topological polar surface area (TPSA) is 12.0 Å². The Labute approximate surface area is 113 Å². The maximum Gasteiger partial charge on any atom is 0.129 e. The number of likely N-dealkylation sites (N-methyl/N-ethyl adjacent to an activating group) is 1. The number of rotatable bonds is 4. The molecule has 0 saturated carbocycles. The molecule has 0 aliphatic heterocycles. The number of hydrogen-bond donors (Lipinski definition) is 1. The predicted molar refractivity (Wildman–Crippen MR) is 71.2 cm³/mol. The average molecular weight is 288 g/mol. The highest BCUT2D eigenvalue weighted by Crippen LogP contribution is 2.31. The molecule has 2 aromatic rings. The van der Waals surface area contributed by atoms with Crippen LogP contribution in [0.4, 0.5) is 8.78 Å². The van der Waals surface area contributed by atoms with Crippen LogP contribution in [0.25, 0.3) is 0 Å². The fraction of sp³-hybridized carbons (Fsp3) is 0.231. The highest BCUT2D eigenvalue weighted by Gasteiger charge is 2.19. The zero-order valence-corrected chi connectivity index (χ0v) is 11.3. The summed E-state index contributed by atoms with van der Waals surface area (Å²) in [6.45, 7) is 0. The summed E-state index contributed by atoms with van der Waals surface area (Å²) in [7, 11) is 1.75. The van der Waals surface area contributed by atoms with E-state index in [9.17, 15) is 8.78 Å². The molecule has 0 radical (unpaired) electrons. The molecule has 0 fully saturated rings. The summed E-state index contributed by atoms with van der Waals surface area (Å²) >= 11 is 7.52. The van der Waals surface area contributed by atoms with Gasteiger partial charge in [-0.1, -0.05) is 17.7 Å². The van der Waals surface area contributed by atoms with Gasteiger partial charge in [0.2, 0.25) is 0 Å². The van der Waals surface area contributed by atoms with Crippen molar-refractivity contribution in [1.82, 2.24) is 5.32 Å². The van der Waals surface area contributed by atoms with Crippen LogP contribution < -0.4 is 5.32 Å². The Kier molecular flexibility index (Phi) is 4.32. The van der Waals surface area contributed by atoms with Crippen molar-refractivity contribution in [2.75, 3.05) is 7.05 Å². The van der Waals surface area contributed by atoms with E-state index in [1.165, 1.54) is 29.5 Å². The Morgan fingerprint density at radius 3 is 2.44 bits per heavy atom. The van der Waals surface area contributed by atoms with Crippen molar-refractivity contribution in [3.05, 3.63) is 56.7 Å². The fourth-order valence-corrected chi connectivity index (χ4v) is 3.11. The molecule has 1 atom stereocenters. The Morgan fingerprint density at radius 2 is 1.94 bits per heavy atom. The van der Waals surface area contributed by atoms with E-state index in [1.807, 2.05) is 5.38 Å². The monoisotopic (exact) mass is 287 g/mol. The lowest BCUT2D eigenvalue weighted by molar-refractivity contribution is 0.518. The van der Waals surface area contributed by atoms with Crippen LogP contribution in [0.3, 0.4) is 0 Å². The first-order chi connectivity index (χ1) is 8.63. The van der Waals surface area contributed by atoms with Crippen molar-refractivity contribution in [2.24, 2.45) is 0 Å². The van der Waals surface area contributed by atoms with E-state index in [2.05, 4.69) is 5.32 Å². The summed E-state index contributed by atoms with van der Waals surface area (Å²) in [5, 5.41) is 5.52. The summed E-state index contributed by atoms with van der Waals surface area (Å²) in [4.78, 5) is 0.891. The minimum Gasteiger partial charge on any atom is -0.312 e. The van der Waals surface area contributed by atoms with Crippen LogP contribution in [0.15, 0.2) is 29.6 Å². The first-order valence-electron chi connectivity index (χ1n) is 5.46. The molecule has 0 saturated heterocycles. The summed E-state index contributed by atoms with van der Waals surface area (Å²) in [5.41, 5.74) is 0.0846. The molecule has 1 aromatic heterocycles. The molecule has 0 aliphatic carbocycles. The van der Waals surface area contributed by atoms with Crippen molar-refractivity contribution in [3.8, 4) is 0 Å². The molecular formula is C13H12ClF2NS. The van der Waals surface area contributed by atoms with Crippen LogP contribution in [0.5, 0.6) is 0 Å². The number of halogens is 3. The lowest BCUT2D eigenvalue weighted by Crippen LogP contribution is -2.19. The normalized spacial score (nSPS) is 12.7. The Bertz CT molecular complexity index is 521. The molecule has 0 spiro atoms. The van der Waals surface area contributed by atoms with Gasteiger partial charge >= 0.3 is 0 Å². The highest BCUT2D eigenvalue weighted by atomic mass is 35.5. The molecular weight excluding hydrogens is 276 g/mol. The molecule has 1 N–H and O–H groups in total. The molecule has 1 aromatic carbocycles. The summed E-state index contributed by atoms with van der Waals surface area (Å²) in [6.07, 6.45) is 0.231. The van der Waals surface area contributed by atoms with Gasteiger partial charge in [-0.15, -0.1) is 11.3 Å². The number of thiophene rings is 1. The van der Waals surface area contributed by atoms with Gasteiger partial charge in [-0.25, -0.2) is 8.78 Å². The summed E-state index contributed by atoms with van der Waals surface area (Å²) in [6, 6.07) is 5.48. The second kappa shape index (κ2) is 5.78. The van der Waals surface area contributed by atoms with E-state index in [-0.39, 0.29) is 18.0 Å². The molecule has 2 rings (SSSR count).